The van der Waals surface area contributed by atoms with E-state index in [-0.39, 0.29) is 0 Å². The zero-order valence-electron chi connectivity index (χ0n) is 17.5. The van der Waals surface area contributed by atoms with Crippen LogP contribution < -0.4 is 15.4 Å². The number of nitrogens with one attached hydrogen (secondary N) is 2. The summed E-state index contributed by atoms with van der Waals surface area (Å²) in [5.41, 5.74) is 1.29. The second-order valence-corrected chi connectivity index (χ2v) is 7.18. The van der Waals surface area contributed by atoms with Crippen LogP contribution in [0.15, 0.2) is 29.3 Å². The van der Waals surface area contributed by atoms with Crippen LogP contribution in [0.3, 0.4) is 0 Å². The van der Waals surface area contributed by atoms with Crippen LogP contribution >= 0.6 is 0 Å². The SMILES string of the molecule is CCCCOc1ccc(CCNC(=NC)NCCCOCC2CCOC2)cc1. The third-order valence-corrected chi connectivity index (χ3v) is 4.76. The number of hydrogen-bond donors (Lipinski definition) is 2. The van der Waals surface area contributed by atoms with E-state index in [0.29, 0.717) is 5.92 Å². The molecule has 1 aliphatic rings. The molecule has 1 aliphatic heterocycles. The quantitative estimate of drug-likeness (QED) is 0.307. The highest BCUT2D eigenvalue weighted by atomic mass is 16.5. The van der Waals surface area contributed by atoms with E-state index < -0.39 is 0 Å². The number of unbranched alkanes of at least 4 members (excludes halogenated alkanes) is 1. The molecule has 1 aromatic carbocycles. The van der Waals surface area contributed by atoms with Crippen molar-refractivity contribution in [2.45, 2.75) is 39.0 Å². The zero-order chi connectivity index (χ0) is 19.9. The van der Waals surface area contributed by atoms with Gasteiger partial charge < -0.3 is 24.8 Å². The number of hydrogen-bond acceptors (Lipinski definition) is 4. The van der Waals surface area contributed by atoms with Crippen molar-refractivity contribution in [3.05, 3.63) is 29.8 Å². The van der Waals surface area contributed by atoms with Gasteiger partial charge >= 0.3 is 0 Å². The van der Waals surface area contributed by atoms with E-state index in [1.54, 1.807) is 7.05 Å². The van der Waals surface area contributed by atoms with Crippen molar-refractivity contribution in [3.63, 3.8) is 0 Å². The Morgan fingerprint density at radius 2 is 1.96 bits per heavy atom. The van der Waals surface area contributed by atoms with Crippen LogP contribution in [-0.2, 0) is 15.9 Å². The summed E-state index contributed by atoms with van der Waals surface area (Å²) in [4.78, 5) is 4.27. The molecule has 1 saturated heterocycles. The maximum absolute atomic E-state index is 5.72. The predicted octanol–water partition coefficient (Wildman–Crippen LogP) is 3.02. The second-order valence-electron chi connectivity index (χ2n) is 7.18. The Morgan fingerprint density at radius 3 is 2.68 bits per heavy atom. The standard InChI is InChI=1S/C22H37N3O3/c1-3-4-15-28-21-8-6-19(7-9-21)10-13-25-22(23-2)24-12-5-14-26-17-20-11-16-27-18-20/h6-9,20H,3-5,10-18H2,1-2H3,(H2,23,24,25). The Kier molecular flexibility index (Phi) is 11.4. The van der Waals surface area contributed by atoms with E-state index in [2.05, 4.69) is 46.8 Å². The average molecular weight is 392 g/mol. The summed E-state index contributed by atoms with van der Waals surface area (Å²) in [6, 6.07) is 8.36. The van der Waals surface area contributed by atoms with Gasteiger partial charge in [0.05, 0.1) is 19.8 Å². The van der Waals surface area contributed by atoms with E-state index in [0.717, 1.165) is 89.9 Å². The number of rotatable bonds is 13. The lowest BCUT2D eigenvalue weighted by Gasteiger charge is -2.13. The van der Waals surface area contributed by atoms with Crippen molar-refractivity contribution >= 4 is 5.96 Å². The van der Waals surface area contributed by atoms with Crippen molar-refractivity contribution in [2.24, 2.45) is 10.9 Å². The molecule has 1 unspecified atom stereocenters. The maximum atomic E-state index is 5.72. The summed E-state index contributed by atoms with van der Waals surface area (Å²) in [6.45, 7) is 7.97. The number of nitrogens with zero attached hydrogens (tertiary/aromatic N) is 1. The van der Waals surface area contributed by atoms with Crippen LogP contribution in [0, 0.1) is 5.92 Å². The van der Waals surface area contributed by atoms with E-state index in [4.69, 9.17) is 14.2 Å². The molecule has 1 aromatic rings. The second kappa shape index (κ2) is 14.2. The predicted molar refractivity (Wildman–Crippen MR) is 114 cm³/mol. The Balaban J connectivity index is 1.51. The largest absolute Gasteiger partial charge is 0.494 e. The molecule has 1 atom stereocenters. The van der Waals surface area contributed by atoms with Crippen LogP contribution in [0.4, 0.5) is 0 Å². The smallest absolute Gasteiger partial charge is 0.190 e. The third kappa shape index (κ3) is 9.42. The minimum absolute atomic E-state index is 0.583. The third-order valence-electron chi connectivity index (χ3n) is 4.76. The Hall–Kier alpha value is -1.79. The van der Waals surface area contributed by atoms with Crippen LogP contribution in [0.25, 0.3) is 0 Å². The molecule has 6 nitrogen and oxygen atoms in total. The highest BCUT2D eigenvalue weighted by Crippen LogP contribution is 2.13. The number of ether oxygens (including phenoxy) is 3. The summed E-state index contributed by atoms with van der Waals surface area (Å²) in [5.74, 6) is 2.37. The molecule has 28 heavy (non-hydrogen) atoms. The molecule has 1 heterocycles. The minimum Gasteiger partial charge on any atom is -0.494 e. The van der Waals surface area contributed by atoms with Gasteiger partial charge in [0.15, 0.2) is 5.96 Å². The zero-order valence-corrected chi connectivity index (χ0v) is 17.5. The van der Waals surface area contributed by atoms with Crippen LogP contribution in [-0.4, -0.2) is 59.1 Å². The first-order chi connectivity index (χ1) is 13.8. The lowest BCUT2D eigenvalue weighted by Crippen LogP contribution is -2.39. The first-order valence-electron chi connectivity index (χ1n) is 10.6. The first-order valence-corrected chi connectivity index (χ1v) is 10.6. The van der Waals surface area contributed by atoms with Gasteiger partial charge in [0, 0.05) is 39.3 Å². The van der Waals surface area contributed by atoms with Gasteiger partial charge in [-0.15, -0.1) is 0 Å². The summed E-state index contributed by atoms with van der Waals surface area (Å²) in [6.07, 6.45) is 5.29. The van der Waals surface area contributed by atoms with Gasteiger partial charge in [0.1, 0.15) is 5.75 Å². The highest BCUT2D eigenvalue weighted by Gasteiger charge is 2.15. The fourth-order valence-corrected chi connectivity index (χ4v) is 2.98. The van der Waals surface area contributed by atoms with Gasteiger partial charge in [-0.3, -0.25) is 4.99 Å². The van der Waals surface area contributed by atoms with Gasteiger partial charge in [-0.25, -0.2) is 0 Å². The molecule has 0 amide bonds. The Bertz CT molecular complexity index is 542. The lowest BCUT2D eigenvalue weighted by molar-refractivity contribution is 0.0888. The number of benzene rings is 1. The molecule has 0 aromatic heterocycles. The average Bonchev–Trinajstić information content (AvgIpc) is 3.24. The lowest BCUT2D eigenvalue weighted by atomic mass is 10.1. The van der Waals surface area contributed by atoms with Gasteiger partial charge in [-0.1, -0.05) is 25.5 Å². The van der Waals surface area contributed by atoms with E-state index in [9.17, 15) is 0 Å². The van der Waals surface area contributed by atoms with E-state index in [1.165, 1.54) is 5.56 Å². The Labute approximate surface area is 170 Å². The first kappa shape index (κ1) is 22.5. The monoisotopic (exact) mass is 391 g/mol. The van der Waals surface area contributed by atoms with Crippen LogP contribution in [0.5, 0.6) is 5.75 Å². The molecule has 0 radical (unpaired) electrons. The highest BCUT2D eigenvalue weighted by molar-refractivity contribution is 5.79. The minimum atomic E-state index is 0.583. The number of guanidine groups is 1. The summed E-state index contributed by atoms with van der Waals surface area (Å²) in [7, 11) is 1.80. The molecule has 0 aliphatic carbocycles. The number of aliphatic imine (C=N–C) groups is 1. The van der Waals surface area contributed by atoms with Crippen molar-refractivity contribution in [3.8, 4) is 5.75 Å². The van der Waals surface area contributed by atoms with Crippen molar-refractivity contribution < 1.29 is 14.2 Å². The molecule has 2 N–H and O–H groups in total. The van der Waals surface area contributed by atoms with Crippen molar-refractivity contribution in [1.82, 2.24) is 10.6 Å². The fraction of sp³-hybridized carbons (Fsp3) is 0.682. The van der Waals surface area contributed by atoms with Crippen molar-refractivity contribution in [1.29, 1.82) is 0 Å². The summed E-state index contributed by atoms with van der Waals surface area (Å²) < 4.78 is 16.8. The molecule has 6 heteroatoms. The van der Waals surface area contributed by atoms with Gasteiger partial charge in [0.2, 0.25) is 0 Å². The molecule has 0 bridgehead atoms. The van der Waals surface area contributed by atoms with E-state index >= 15 is 0 Å². The molecular formula is C22H37N3O3. The molecule has 2 rings (SSSR count). The van der Waals surface area contributed by atoms with Gasteiger partial charge in [-0.2, -0.15) is 0 Å². The van der Waals surface area contributed by atoms with Crippen molar-refractivity contribution in [2.75, 3.05) is 53.2 Å². The summed E-state index contributed by atoms with van der Waals surface area (Å²) in [5, 5.41) is 6.70. The van der Waals surface area contributed by atoms with Crippen LogP contribution in [0.2, 0.25) is 0 Å². The maximum Gasteiger partial charge on any atom is 0.190 e. The molecular weight excluding hydrogens is 354 g/mol. The molecule has 158 valence electrons. The molecule has 1 fully saturated rings. The van der Waals surface area contributed by atoms with Gasteiger partial charge in [-0.05, 0) is 43.4 Å². The topological polar surface area (TPSA) is 64.1 Å². The fourth-order valence-electron chi connectivity index (χ4n) is 2.98. The Morgan fingerprint density at radius 1 is 1.14 bits per heavy atom. The normalized spacial score (nSPS) is 16.9. The van der Waals surface area contributed by atoms with Crippen LogP contribution in [0.1, 0.15) is 38.2 Å². The van der Waals surface area contributed by atoms with E-state index in [1.807, 2.05) is 0 Å². The van der Waals surface area contributed by atoms with Gasteiger partial charge in [0.25, 0.3) is 0 Å². The molecule has 0 spiro atoms. The summed E-state index contributed by atoms with van der Waals surface area (Å²) >= 11 is 0. The molecule has 0 saturated carbocycles.